The van der Waals surface area contributed by atoms with Crippen LogP contribution in [-0.4, -0.2) is 43.4 Å². The summed E-state index contributed by atoms with van der Waals surface area (Å²) in [6, 6.07) is 14.3. The van der Waals surface area contributed by atoms with E-state index in [1.807, 2.05) is 18.2 Å². The minimum Gasteiger partial charge on any atom is -0.507 e. The molecule has 0 aliphatic heterocycles. The molecule has 0 radical (unpaired) electrons. The summed E-state index contributed by atoms with van der Waals surface area (Å²) in [7, 11) is 4.13. The van der Waals surface area contributed by atoms with Gasteiger partial charge in [-0.2, -0.15) is 0 Å². The van der Waals surface area contributed by atoms with E-state index in [0.717, 1.165) is 36.4 Å². The van der Waals surface area contributed by atoms with Gasteiger partial charge < -0.3 is 14.9 Å². The third kappa shape index (κ3) is 5.61. The van der Waals surface area contributed by atoms with Crippen LogP contribution in [0.15, 0.2) is 47.5 Å². The van der Waals surface area contributed by atoms with Gasteiger partial charge in [0, 0.05) is 43.2 Å². The van der Waals surface area contributed by atoms with Gasteiger partial charge in [-0.05, 0) is 51.2 Å². The SMILES string of the molecule is CCN(CC)c1ccc(C=NCc2ccc(CN(C)C)cc2)c(O)c1. The number of phenols is 1. The summed E-state index contributed by atoms with van der Waals surface area (Å²) in [6.07, 6.45) is 1.75. The van der Waals surface area contributed by atoms with E-state index >= 15 is 0 Å². The highest BCUT2D eigenvalue weighted by molar-refractivity contribution is 5.84. The van der Waals surface area contributed by atoms with Crippen LogP contribution in [0.2, 0.25) is 0 Å². The molecular formula is C21H29N3O. The van der Waals surface area contributed by atoms with Crippen molar-refractivity contribution in [2.45, 2.75) is 26.9 Å². The molecule has 0 bridgehead atoms. The Kier molecular flexibility index (Phi) is 7.02. The lowest BCUT2D eigenvalue weighted by Crippen LogP contribution is -2.21. The Morgan fingerprint density at radius 2 is 1.60 bits per heavy atom. The number of aliphatic imine (C=N–C) groups is 1. The molecule has 134 valence electrons. The Morgan fingerprint density at radius 3 is 2.16 bits per heavy atom. The lowest BCUT2D eigenvalue weighted by atomic mass is 10.1. The van der Waals surface area contributed by atoms with Crippen LogP contribution in [0.1, 0.15) is 30.5 Å². The highest BCUT2D eigenvalue weighted by atomic mass is 16.3. The molecule has 0 fully saturated rings. The monoisotopic (exact) mass is 339 g/mol. The molecule has 0 spiro atoms. The van der Waals surface area contributed by atoms with Gasteiger partial charge in [-0.1, -0.05) is 24.3 Å². The number of hydrogen-bond acceptors (Lipinski definition) is 4. The van der Waals surface area contributed by atoms with Crippen LogP contribution in [0.25, 0.3) is 0 Å². The number of nitrogens with zero attached hydrogens (tertiary/aromatic N) is 3. The second-order valence-corrected chi connectivity index (χ2v) is 6.44. The van der Waals surface area contributed by atoms with Crippen molar-refractivity contribution in [2.75, 3.05) is 32.1 Å². The third-order valence-corrected chi connectivity index (χ3v) is 4.17. The third-order valence-electron chi connectivity index (χ3n) is 4.17. The average molecular weight is 339 g/mol. The predicted octanol–water partition coefficient (Wildman–Crippen LogP) is 3.92. The van der Waals surface area contributed by atoms with Crippen molar-refractivity contribution in [3.8, 4) is 5.75 Å². The number of phenolic OH excluding ortho intramolecular Hbond substituents is 1. The molecule has 0 saturated heterocycles. The first-order chi connectivity index (χ1) is 12.0. The number of benzene rings is 2. The minimum atomic E-state index is 0.273. The quantitative estimate of drug-likeness (QED) is 0.741. The van der Waals surface area contributed by atoms with Gasteiger partial charge in [-0.3, -0.25) is 4.99 Å². The molecule has 2 aromatic carbocycles. The first-order valence-corrected chi connectivity index (χ1v) is 8.83. The van der Waals surface area contributed by atoms with Crippen LogP contribution in [0.4, 0.5) is 5.69 Å². The van der Waals surface area contributed by atoms with Crippen molar-refractivity contribution in [1.82, 2.24) is 4.90 Å². The normalized spacial score (nSPS) is 11.4. The number of rotatable bonds is 8. The number of aromatic hydroxyl groups is 1. The highest BCUT2D eigenvalue weighted by Gasteiger charge is 2.05. The number of anilines is 1. The summed E-state index contributed by atoms with van der Waals surface area (Å²) < 4.78 is 0. The molecule has 2 aromatic rings. The van der Waals surface area contributed by atoms with Crippen molar-refractivity contribution >= 4 is 11.9 Å². The van der Waals surface area contributed by atoms with Crippen LogP contribution in [0.3, 0.4) is 0 Å². The van der Waals surface area contributed by atoms with Gasteiger partial charge in [0.05, 0.1) is 6.54 Å². The van der Waals surface area contributed by atoms with Crippen molar-refractivity contribution in [2.24, 2.45) is 4.99 Å². The van der Waals surface area contributed by atoms with E-state index in [1.54, 1.807) is 6.21 Å². The summed E-state index contributed by atoms with van der Waals surface area (Å²) in [5.74, 6) is 0.273. The molecule has 0 atom stereocenters. The van der Waals surface area contributed by atoms with Gasteiger partial charge in [0.25, 0.3) is 0 Å². The largest absolute Gasteiger partial charge is 0.507 e. The Hall–Kier alpha value is -2.33. The van der Waals surface area contributed by atoms with Crippen molar-refractivity contribution in [1.29, 1.82) is 0 Å². The Balaban J connectivity index is 1.99. The molecule has 0 aliphatic rings. The van der Waals surface area contributed by atoms with Gasteiger partial charge >= 0.3 is 0 Å². The highest BCUT2D eigenvalue weighted by Crippen LogP contribution is 2.23. The Morgan fingerprint density at radius 1 is 0.960 bits per heavy atom. The molecule has 0 unspecified atom stereocenters. The molecule has 2 rings (SSSR count). The molecule has 4 nitrogen and oxygen atoms in total. The standard InChI is InChI=1S/C21H29N3O/c1-5-24(6-2)20-12-11-19(21(25)13-20)15-22-14-17-7-9-18(10-8-17)16-23(3)4/h7-13,15,25H,5-6,14,16H2,1-4H3. The van der Waals surface area contributed by atoms with Crippen molar-refractivity contribution in [3.63, 3.8) is 0 Å². The van der Waals surface area contributed by atoms with Crippen LogP contribution >= 0.6 is 0 Å². The van der Waals surface area contributed by atoms with Crippen LogP contribution in [-0.2, 0) is 13.1 Å². The first-order valence-electron chi connectivity index (χ1n) is 8.83. The fraction of sp³-hybridized carbons (Fsp3) is 0.381. The van der Waals surface area contributed by atoms with Crippen LogP contribution in [0, 0.1) is 0 Å². The summed E-state index contributed by atoms with van der Waals surface area (Å²) in [4.78, 5) is 8.82. The molecule has 0 amide bonds. The lowest BCUT2D eigenvalue weighted by Gasteiger charge is -2.21. The average Bonchev–Trinajstić information content (AvgIpc) is 2.59. The summed E-state index contributed by atoms with van der Waals surface area (Å²) in [5.41, 5.74) is 4.25. The van der Waals surface area contributed by atoms with E-state index in [1.165, 1.54) is 5.56 Å². The summed E-state index contributed by atoms with van der Waals surface area (Å²) in [6.45, 7) is 7.62. The molecule has 0 aliphatic carbocycles. The van der Waals surface area contributed by atoms with Crippen molar-refractivity contribution in [3.05, 3.63) is 59.2 Å². The second-order valence-electron chi connectivity index (χ2n) is 6.44. The van der Waals surface area contributed by atoms with E-state index in [4.69, 9.17) is 0 Å². The van der Waals surface area contributed by atoms with E-state index in [0.29, 0.717) is 6.54 Å². The van der Waals surface area contributed by atoms with E-state index < -0.39 is 0 Å². The molecule has 0 aromatic heterocycles. The molecule has 25 heavy (non-hydrogen) atoms. The van der Waals surface area contributed by atoms with Gasteiger partial charge in [-0.25, -0.2) is 0 Å². The second kappa shape index (κ2) is 9.23. The molecule has 1 N–H and O–H groups in total. The Labute approximate surface area is 151 Å². The lowest BCUT2D eigenvalue weighted by molar-refractivity contribution is 0.402. The smallest absolute Gasteiger partial charge is 0.126 e. The summed E-state index contributed by atoms with van der Waals surface area (Å²) >= 11 is 0. The molecule has 0 heterocycles. The zero-order chi connectivity index (χ0) is 18.2. The van der Waals surface area contributed by atoms with E-state index in [-0.39, 0.29) is 5.75 Å². The van der Waals surface area contributed by atoms with Gasteiger partial charge in [-0.15, -0.1) is 0 Å². The van der Waals surface area contributed by atoms with Crippen LogP contribution < -0.4 is 4.90 Å². The van der Waals surface area contributed by atoms with Gasteiger partial charge in [0.15, 0.2) is 0 Å². The topological polar surface area (TPSA) is 39.1 Å². The zero-order valence-corrected chi connectivity index (χ0v) is 15.7. The van der Waals surface area contributed by atoms with Crippen molar-refractivity contribution < 1.29 is 5.11 Å². The maximum atomic E-state index is 10.2. The maximum absolute atomic E-state index is 10.2. The summed E-state index contributed by atoms with van der Waals surface area (Å²) in [5, 5.41) is 10.2. The fourth-order valence-corrected chi connectivity index (χ4v) is 2.79. The van der Waals surface area contributed by atoms with E-state index in [9.17, 15) is 5.11 Å². The molecular weight excluding hydrogens is 310 g/mol. The molecule has 4 heteroatoms. The Bertz CT molecular complexity index is 689. The van der Waals surface area contributed by atoms with Crippen LogP contribution in [0.5, 0.6) is 5.75 Å². The maximum Gasteiger partial charge on any atom is 0.126 e. The van der Waals surface area contributed by atoms with E-state index in [2.05, 4.69) is 67.0 Å². The van der Waals surface area contributed by atoms with Gasteiger partial charge in [0.2, 0.25) is 0 Å². The van der Waals surface area contributed by atoms with Gasteiger partial charge in [0.1, 0.15) is 5.75 Å². The zero-order valence-electron chi connectivity index (χ0n) is 15.7. The number of hydrogen-bond donors (Lipinski definition) is 1. The predicted molar refractivity (Wildman–Crippen MR) is 107 cm³/mol. The minimum absolute atomic E-state index is 0.273. The fourth-order valence-electron chi connectivity index (χ4n) is 2.79. The molecule has 0 saturated carbocycles. The first kappa shape index (κ1) is 19.0.